The number of ether oxygens (including phenoxy) is 1. The van der Waals surface area contributed by atoms with E-state index in [4.69, 9.17) is 9.84 Å². The van der Waals surface area contributed by atoms with Crippen molar-refractivity contribution in [3.05, 3.63) is 29.3 Å². The minimum atomic E-state index is -1.01. The van der Waals surface area contributed by atoms with Crippen molar-refractivity contribution in [2.24, 2.45) is 0 Å². The zero-order valence-corrected chi connectivity index (χ0v) is 13.8. The molecule has 126 valence electrons. The number of carbonyl (C=O) groups is 2. The summed E-state index contributed by atoms with van der Waals surface area (Å²) in [6.07, 6.45) is 5.83. The van der Waals surface area contributed by atoms with E-state index in [2.05, 4.69) is 5.32 Å². The standard InChI is InChI=1S/C18H25NO4/c1-3-16(23-14-7-5-4-6-8-14)17(20)19-15-11-13(18(21)22)10-9-12(15)2/h9-11,14,16H,3-8H2,1-2H3,(H,19,20)(H,21,22). The number of benzene rings is 1. The average molecular weight is 319 g/mol. The molecule has 23 heavy (non-hydrogen) atoms. The monoisotopic (exact) mass is 319 g/mol. The summed E-state index contributed by atoms with van der Waals surface area (Å²) in [7, 11) is 0. The van der Waals surface area contributed by atoms with Gasteiger partial charge in [0.05, 0.1) is 11.7 Å². The van der Waals surface area contributed by atoms with Gasteiger partial charge < -0.3 is 15.2 Å². The van der Waals surface area contributed by atoms with E-state index in [-0.39, 0.29) is 17.6 Å². The van der Waals surface area contributed by atoms with Crippen LogP contribution in [0.1, 0.15) is 61.4 Å². The van der Waals surface area contributed by atoms with Crippen molar-refractivity contribution in [1.82, 2.24) is 0 Å². The summed E-state index contributed by atoms with van der Waals surface area (Å²) in [5.41, 5.74) is 1.52. The van der Waals surface area contributed by atoms with Gasteiger partial charge in [0.2, 0.25) is 0 Å². The first-order valence-electron chi connectivity index (χ1n) is 8.31. The minimum Gasteiger partial charge on any atom is -0.478 e. The van der Waals surface area contributed by atoms with Crippen molar-refractivity contribution >= 4 is 17.6 Å². The van der Waals surface area contributed by atoms with Crippen LogP contribution in [0, 0.1) is 6.92 Å². The highest BCUT2D eigenvalue weighted by Gasteiger charge is 2.24. The van der Waals surface area contributed by atoms with Crippen LogP contribution in [0.4, 0.5) is 5.69 Å². The fraction of sp³-hybridized carbons (Fsp3) is 0.556. The van der Waals surface area contributed by atoms with Crippen molar-refractivity contribution in [2.45, 2.75) is 64.6 Å². The summed E-state index contributed by atoms with van der Waals surface area (Å²) in [5, 5.41) is 11.9. The third kappa shape index (κ3) is 4.79. The number of carboxylic acids is 1. The summed E-state index contributed by atoms with van der Waals surface area (Å²) >= 11 is 0. The van der Waals surface area contributed by atoms with Gasteiger partial charge in [-0.25, -0.2) is 4.79 Å². The lowest BCUT2D eigenvalue weighted by atomic mass is 9.97. The van der Waals surface area contributed by atoms with Gasteiger partial charge in [-0.3, -0.25) is 4.79 Å². The number of carboxylic acid groups (broad SMARTS) is 1. The average Bonchev–Trinajstić information content (AvgIpc) is 2.55. The topological polar surface area (TPSA) is 75.6 Å². The predicted octanol–water partition coefficient (Wildman–Crippen LogP) is 3.76. The molecule has 0 spiro atoms. The summed E-state index contributed by atoms with van der Waals surface area (Å²) in [4.78, 5) is 23.5. The quantitative estimate of drug-likeness (QED) is 0.837. The number of aryl methyl sites for hydroxylation is 1. The second-order valence-corrected chi connectivity index (χ2v) is 6.12. The van der Waals surface area contributed by atoms with Gasteiger partial charge in [-0.1, -0.05) is 32.3 Å². The number of anilines is 1. The maximum Gasteiger partial charge on any atom is 0.335 e. The fourth-order valence-electron chi connectivity index (χ4n) is 2.88. The molecular weight excluding hydrogens is 294 g/mol. The molecule has 1 unspecified atom stereocenters. The number of carbonyl (C=O) groups excluding carboxylic acids is 1. The molecule has 5 nitrogen and oxygen atoms in total. The van der Waals surface area contributed by atoms with E-state index in [1.54, 1.807) is 6.07 Å². The molecule has 1 aromatic rings. The molecule has 1 aliphatic rings. The fourth-order valence-corrected chi connectivity index (χ4v) is 2.88. The molecule has 0 saturated heterocycles. The van der Waals surface area contributed by atoms with Crippen LogP contribution in [0.15, 0.2) is 18.2 Å². The summed E-state index contributed by atoms with van der Waals surface area (Å²) in [5.74, 6) is -1.21. The van der Waals surface area contributed by atoms with Crippen LogP contribution in [0.25, 0.3) is 0 Å². The lowest BCUT2D eigenvalue weighted by Crippen LogP contribution is -2.34. The molecule has 1 saturated carbocycles. The Balaban J connectivity index is 2.03. The summed E-state index contributed by atoms with van der Waals surface area (Å²) in [6.45, 7) is 3.76. The van der Waals surface area contributed by atoms with E-state index in [0.717, 1.165) is 31.2 Å². The Hall–Kier alpha value is -1.88. The van der Waals surface area contributed by atoms with Crippen molar-refractivity contribution in [3.63, 3.8) is 0 Å². The molecule has 0 radical (unpaired) electrons. The molecule has 2 N–H and O–H groups in total. The van der Waals surface area contributed by atoms with Gasteiger partial charge in [-0.15, -0.1) is 0 Å². The van der Waals surface area contributed by atoms with Crippen molar-refractivity contribution in [3.8, 4) is 0 Å². The van der Waals surface area contributed by atoms with Crippen molar-refractivity contribution in [1.29, 1.82) is 0 Å². The highest BCUT2D eigenvalue weighted by atomic mass is 16.5. The molecule has 0 heterocycles. The van der Waals surface area contributed by atoms with E-state index in [1.165, 1.54) is 18.6 Å². The molecule has 1 fully saturated rings. The highest BCUT2D eigenvalue weighted by Crippen LogP contribution is 2.23. The molecule has 1 amide bonds. The molecule has 1 atom stereocenters. The molecule has 1 aliphatic carbocycles. The van der Waals surface area contributed by atoms with E-state index < -0.39 is 12.1 Å². The number of amides is 1. The summed E-state index contributed by atoms with van der Waals surface area (Å²) in [6, 6.07) is 4.72. The number of hydrogen-bond acceptors (Lipinski definition) is 3. The summed E-state index contributed by atoms with van der Waals surface area (Å²) < 4.78 is 5.96. The lowest BCUT2D eigenvalue weighted by Gasteiger charge is -2.26. The molecular formula is C18H25NO4. The van der Waals surface area contributed by atoms with E-state index >= 15 is 0 Å². The van der Waals surface area contributed by atoms with Crippen LogP contribution < -0.4 is 5.32 Å². The van der Waals surface area contributed by atoms with Gasteiger partial charge >= 0.3 is 5.97 Å². The van der Waals surface area contributed by atoms with Crippen LogP contribution in [-0.4, -0.2) is 29.2 Å². The first-order valence-corrected chi connectivity index (χ1v) is 8.31. The maximum atomic E-state index is 12.5. The highest BCUT2D eigenvalue weighted by molar-refractivity contribution is 5.96. The Morgan fingerprint density at radius 3 is 2.61 bits per heavy atom. The Labute approximate surface area is 137 Å². The number of rotatable bonds is 6. The van der Waals surface area contributed by atoms with Gasteiger partial charge in [-0.2, -0.15) is 0 Å². The first kappa shape index (κ1) is 17.5. The largest absolute Gasteiger partial charge is 0.478 e. The predicted molar refractivity (Wildman–Crippen MR) is 88.8 cm³/mol. The molecule has 0 bridgehead atoms. The Kier molecular flexibility index (Phi) is 6.16. The zero-order chi connectivity index (χ0) is 16.8. The minimum absolute atomic E-state index is 0.158. The Morgan fingerprint density at radius 1 is 1.30 bits per heavy atom. The second-order valence-electron chi connectivity index (χ2n) is 6.12. The third-order valence-corrected chi connectivity index (χ3v) is 4.31. The molecule has 0 aliphatic heterocycles. The van der Waals surface area contributed by atoms with Crippen LogP contribution in [-0.2, 0) is 9.53 Å². The van der Waals surface area contributed by atoms with Crippen molar-refractivity contribution < 1.29 is 19.4 Å². The van der Waals surface area contributed by atoms with E-state index in [9.17, 15) is 9.59 Å². The van der Waals surface area contributed by atoms with Crippen LogP contribution in [0.2, 0.25) is 0 Å². The number of nitrogens with one attached hydrogen (secondary N) is 1. The van der Waals surface area contributed by atoms with E-state index in [0.29, 0.717) is 12.1 Å². The zero-order valence-electron chi connectivity index (χ0n) is 13.8. The molecule has 2 rings (SSSR count). The third-order valence-electron chi connectivity index (χ3n) is 4.31. The Morgan fingerprint density at radius 2 is 2.00 bits per heavy atom. The second kappa shape index (κ2) is 8.11. The SMILES string of the molecule is CCC(OC1CCCCC1)C(=O)Nc1cc(C(=O)O)ccc1C. The molecule has 1 aromatic carbocycles. The van der Waals surface area contributed by atoms with Crippen molar-refractivity contribution in [2.75, 3.05) is 5.32 Å². The first-order chi connectivity index (χ1) is 11.0. The van der Waals surface area contributed by atoms with Gasteiger partial charge in [0, 0.05) is 5.69 Å². The molecule has 5 heteroatoms. The maximum absolute atomic E-state index is 12.5. The molecule has 0 aromatic heterocycles. The number of aromatic carboxylic acids is 1. The van der Waals surface area contributed by atoms with E-state index in [1.807, 2.05) is 13.8 Å². The van der Waals surface area contributed by atoms with Gasteiger partial charge in [-0.05, 0) is 43.9 Å². The normalized spacial score (nSPS) is 16.8. The van der Waals surface area contributed by atoms with Gasteiger partial charge in [0.25, 0.3) is 5.91 Å². The number of hydrogen-bond donors (Lipinski definition) is 2. The van der Waals surface area contributed by atoms with Crippen LogP contribution >= 0.6 is 0 Å². The van der Waals surface area contributed by atoms with Gasteiger partial charge in [0.1, 0.15) is 6.10 Å². The van der Waals surface area contributed by atoms with Gasteiger partial charge in [0.15, 0.2) is 0 Å². The smallest absolute Gasteiger partial charge is 0.335 e. The van der Waals surface area contributed by atoms with Crippen LogP contribution in [0.3, 0.4) is 0 Å². The van der Waals surface area contributed by atoms with Crippen LogP contribution in [0.5, 0.6) is 0 Å². The Bertz CT molecular complexity index is 564. The lowest BCUT2D eigenvalue weighted by molar-refractivity contribution is -0.132.